The fraction of sp³-hybridized carbons (Fsp3) is 0.360. The van der Waals surface area contributed by atoms with E-state index in [9.17, 15) is 19.8 Å². The van der Waals surface area contributed by atoms with Crippen LogP contribution in [0.3, 0.4) is 0 Å². The number of aliphatic hydroxyl groups is 1. The number of carbonyl (C=O) groups is 2. The summed E-state index contributed by atoms with van der Waals surface area (Å²) in [4.78, 5) is 19.1. The number of benzene rings is 2. The molecule has 1 saturated heterocycles. The molecule has 33 heavy (non-hydrogen) atoms. The van der Waals surface area contributed by atoms with Gasteiger partial charge in [0.2, 0.25) is 0 Å². The number of carboxylic acid groups (broad SMARTS) is 2. The van der Waals surface area contributed by atoms with Crippen LogP contribution in [0.2, 0.25) is 0 Å². The van der Waals surface area contributed by atoms with Crippen molar-refractivity contribution >= 4 is 11.9 Å². The number of piperidine rings is 1. The average Bonchev–Trinajstić information content (AvgIpc) is 2.76. The minimum atomic E-state index is -1.26. The van der Waals surface area contributed by atoms with E-state index in [0.29, 0.717) is 25.2 Å². The van der Waals surface area contributed by atoms with Crippen molar-refractivity contribution in [3.63, 3.8) is 0 Å². The monoisotopic (exact) mass is 457 g/mol. The van der Waals surface area contributed by atoms with Crippen LogP contribution in [0.15, 0.2) is 60.7 Å². The molecule has 0 saturated carbocycles. The van der Waals surface area contributed by atoms with E-state index >= 15 is 0 Å². The molecule has 8 nitrogen and oxygen atoms in total. The molecule has 8 heteroatoms. The molecule has 0 spiro atoms. The summed E-state index contributed by atoms with van der Waals surface area (Å²) in [5.74, 6) is -1.52. The number of nitrogens with one attached hydrogen (secondary N) is 1. The number of aryl methyl sites for hydroxylation is 1. The maximum atomic E-state index is 11.0. The number of phenolic OH excluding ortho intramolecular Hbond substituents is 1. The van der Waals surface area contributed by atoms with E-state index in [0.717, 1.165) is 31.6 Å². The topological polar surface area (TPSA) is 136 Å². The Morgan fingerprint density at radius 1 is 1.06 bits per heavy atom. The number of hydrogen-bond donors (Lipinski definition) is 5. The summed E-state index contributed by atoms with van der Waals surface area (Å²) in [6.07, 6.45) is 4.17. The van der Waals surface area contributed by atoms with Gasteiger partial charge in [-0.2, -0.15) is 0 Å². The lowest BCUT2D eigenvalue weighted by atomic mass is 9.82. The molecular formula is C25H31NO7. The molecule has 1 aliphatic rings. The van der Waals surface area contributed by atoms with Gasteiger partial charge in [-0.3, -0.25) is 0 Å². The van der Waals surface area contributed by atoms with Crippen molar-refractivity contribution in [2.24, 2.45) is 0 Å². The fourth-order valence-corrected chi connectivity index (χ4v) is 3.60. The predicted octanol–water partition coefficient (Wildman–Crippen LogP) is 2.91. The van der Waals surface area contributed by atoms with E-state index in [1.807, 2.05) is 0 Å². The zero-order valence-electron chi connectivity index (χ0n) is 18.6. The molecule has 178 valence electrons. The third-order valence-electron chi connectivity index (χ3n) is 5.24. The maximum absolute atomic E-state index is 11.0. The molecule has 3 rings (SSSR count). The van der Waals surface area contributed by atoms with Crippen molar-refractivity contribution < 1.29 is 34.8 Å². The van der Waals surface area contributed by atoms with Crippen LogP contribution < -0.4 is 10.1 Å². The van der Waals surface area contributed by atoms with E-state index < -0.39 is 17.5 Å². The van der Waals surface area contributed by atoms with Crippen molar-refractivity contribution in [2.75, 3.05) is 13.2 Å². The second-order valence-corrected chi connectivity index (χ2v) is 8.13. The first-order chi connectivity index (χ1) is 15.6. The number of ether oxygens (including phenoxy) is 1. The van der Waals surface area contributed by atoms with Crippen molar-refractivity contribution in [1.82, 2.24) is 5.32 Å². The summed E-state index contributed by atoms with van der Waals surface area (Å²) in [6.45, 7) is 3.49. The van der Waals surface area contributed by atoms with Crippen LogP contribution in [0.5, 0.6) is 11.5 Å². The van der Waals surface area contributed by atoms with Gasteiger partial charge in [0.1, 0.15) is 11.5 Å². The van der Waals surface area contributed by atoms with Crippen molar-refractivity contribution in [2.45, 2.75) is 44.2 Å². The summed E-state index contributed by atoms with van der Waals surface area (Å²) in [5, 5.41) is 39.4. The van der Waals surface area contributed by atoms with Gasteiger partial charge in [0, 0.05) is 24.6 Å². The first-order valence-electron chi connectivity index (χ1n) is 10.7. The first kappa shape index (κ1) is 25.9. The Labute approximate surface area is 193 Å². The molecule has 2 unspecified atom stereocenters. The zero-order valence-corrected chi connectivity index (χ0v) is 18.6. The molecule has 1 aliphatic heterocycles. The van der Waals surface area contributed by atoms with Crippen molar-refractivity contribution in [1.29, 1.82) is 0 Å². The fourth-order valence-electron chi connectivity index (χ4n) is 3.60. The third kappa shape index (κ3) is 10.2. The van der Waals surface area contributed by atoms with Gasteiger partial charge in [-0.1, -0.05) is 29.8 Å². The van der Waals surface area contributed by atoms with Crippen LogP contribution in [-0.4, -0.2) is 57.2 Å². The summed E-state index contributed by atoms with van der Waals surface area (Å²) >= 11 is 0. The number of hydrogen-bond acceptors (Lipinski definition) is 6. The highest BCUT2D eigenvalue weighted by Crippen LogP contribution is 2.27. The van der Waals surface area contributed by atoms with Crippen molar-refractivity contribution in [3.8, 4) is 11.5 Å². The number of aromatic hydroxyl groups is 1. The van der Waals surface area contributed by atoms with Gasteiger partial charge in [0.15, 0.2) is 0 Å². The summed E-state index contributed by atoms with van der Waals surface area (Å²) in [5.41, 5.74) is 1.78. The standard InChI is InChI=1S/C21H27NO3.C4H4O4/c1-16-2-4-17(5-3-16)14-21(24)11-12-22-18(15-21)10-13-25-20-8-6-19(23)7-9-20;5-3(6)1-2-4(7)8/h2-9,18,22-24H,10-15H2,1H3;1-2H,(H,5,6)(H,7,8)/b;2-1+. The average molecular weight is 458 g/mol. The summed E-state index contributed by atoms with van der Waals surface area (Å²) in [6, 6.07) is 15.4. The molecule has 0 radical (unpaired) electrons. The molecule has 5 N–H and O–H groups in total. The first-order valence-corrected chi connectivity index (χ1v) is 10.7. The van der Waals surface area contributed by atoms with Crippen LogP contribution in [-0.2, 0) is 16.0 Å². The van der Waals surface area contributed by atoms with E-state index in [4.69, 9.17) is 14.9 Å². The second-order valence-electron chi connectivity index (χ2n) is 8.13. The zero-order chi connectivity index (χ0) is 24.3. The van der Waals surface area contributed by atoms with Gasteiger partial charge in [-0.25, -0.2) is 9.59 Å². The lowest BCUT2D eigenvalue weighted by Crippen LogP contribution is -2.49. The Bertz CT molecular complexity index is 909. The molecule has 2 aromatic carbocycles. The molecule has 0 bridgehead atoms. The Hall–Kier alpha value is -3.36. The van der Waals surface area contributed by atoms with Crippen LogP contribution in [0.25, 0.3) is 0 Å². The maximum Gasteiger partial charge on any atom is 0.328 e. The second kappa shape index (κ2) is 12.6. The van der Waals surface area contributed by atoms with Gasteiger partial charge in [0.25, 0.3) is 0 Å². The van der Waals surface area contributed by atoms with Gasteiger partial charge in [-0.05, 0) is 62.6 Å². The molecule has 0 aromatic heterocycles. The van der Waals surface area contributed by atoms with Crippen LogP contribution in [0, 0.1) is 6.92 Å². The van der Waals surface area contributed by atoms with Crippen LogP contribution in [0.4, 0.5) is 0 Å². The highest BCUT2D eigenvalue weighted by Gasteiger charge is 2.34. The molecule has 2 atom stereocenters. The number of aliphatic carboxylic acids is 2. The smallest absolute Gasteiger partial charge is 0.328 e. The highest BCUT2D eigenvalue weighted by molar-refractivity contribution is 5.89. The third-order valence-corrected chi connectivity index (χ3v) is 5.24. The highest BCUT2D eigenvalue weighted by atomic mass is 16.5. The van der Waals surface area contributed by atoms with E-state index in [2.05, 4.69) is 36.5 Å². The quantitative estimate of drug-likeness (QED) is 0.382. The minimum Gasteiger partial charge on any atom is -0.508 e. The molecule has 0 amide bonds. The van der Waals surface area contributed by atoms with Crippen molar-refractivity contribution in [3.05, 3.63) is 71.8 Å². The lowest BCUT2D eigenvalue weighted by molar-refractivity contribution is -0.134. The van der Waals surface area contributed by atoms with E-state index in [-0.39, 0.29) is 11.8 Å². The lowest BCUT2D eigenvalue weighted by Gasteiger charge is -2.38. The van der Waals surface area contributed by atoms with E-state index in [1.165, 1.54) is 11.1 Å². The molecule has 1 fully saturated rings. The van der Waals surface area contributed by atoms with Crippen LogP contribution in [0.1, 0.15) is 30.4 Å². The molecule has 0 aliphatic carbocycles. The number of rotatable bonds is 8. The Kier molecular flexibility index (Phi) is 9.90. The SMILES string of the molecule is Cc1ccc(CC2(O)CCNC(CCOc3ccc(O)cc3)C2)cc1.O=C(O)/C=C/C(=O)O. The Balaban J connectivity index is 0.000000414. The molecule has 1 heterocycles. The molecule has 2 aromatic rings. The number of carboxylic acids is 2. The summed E-state index contributed by atoms with van der Waals surface area (Å²) < 4.78 is 5.73. The normalized spacial score (nSPS) is 20.0. The predicted molar refractivity (Wildman–Crippen MR) is 123 cm³/mol. The van der Waals surface area contributed by atoms with Gasteiger partial charge < -0.3 is 30.5 Å². The molecular weight excluding hydrogens is 426 g/mol. The van der Waals surface area contributed by atoms with E-state index in [1.54, 1.807) is 24.3 Å². The van der Waals surface area contributed by atoms with Gasteiger partial charge in [0.05, 0.1) is 12.2 Å². The van der Waals surface area contributed by atoms with Crippen LogP contribution >= 0.6 is 0 Å². The largest absolute Gasteiger partial charge is 0.508 e. The summed E-state index contributed by atoms with van der Waals surface area (Å²) in [7, 11) is 0. The van der Waals surface area contributed by atoms with Gasteiger partial charge in [-0.15, -0.1) is 0 Å². The number of phenols is 1. The Morgan fingerprint density at radius 2 is 1.67 bits per heavy atom. The van der Waals surface area contributed by atoms with Gasteiger partial charge >= 0.3 is 11.9 Å². The Morgan fingerprint density at radius 3 is 2.24 bits per heavy atom. The minimum absolute atomic E-state index is 0.238.